The van der Waals surface area contributed by atoms with Crippen molar-refractivity contribution in [2.24, 2.45) is 23.7 Å². The third kappa shape index (κ3) is 5.66. The van der Waals surface area contributed by atoms with E-state index in [0.717, 1.165) is 19.3 Å². The zero-order chi connectivity index (χ0) is 23.5. The fraction of sp³-hybridized carbons (Fsp3) is 0.682. The van der Waals surface area contributed by atoms with E-state index in [1.54, 1.807) is 12.2 Å². The molecule has 1 saturated heterocycles. The van der Waals surface area contributed by atoms with Gasteiger partial charge in [0.2, 0.25) is 5.91 Å². The van der Waals surface area contributed by atoms with Crippen LogP contribution in [-0.4, -0.2) is 46.7 Å². The molecule has 3 aliphatic rings. The van der Waals surface area contributed by atoms with E-state index < -0.39 is 54.4 Å². The minimum atomic E-state index is -4.48. The van der Waals surface area contributed by atoms with Gasteiger partial charge in [0.25, 0.3) is 0 Å². The van der Waals surface area contributed by atoms with Crippen molar-refractivity contribution in [3.05, 3.63) is 23.3 Å². The number of carboxylic acids is 1. The minimum absolute atomic E-state index is 0.0701. The highest BCUT2D eigenvalue weighted by Crippen LogP contribution is 2.39. The maximum atomic E-state index is 13.6. The highest BCUT2D eigenvalue weighted by molar-refractivity contribution is 6.29. The monoisotopic (exact) mass is 476 g/mol. The summed E-state index contributed by atoms with van der Waals surface area (Å²) >= 11 is 6.00. The van der Waals surface area contributed by atoms with Gasteiger partial charge in [0, 0.05) is 11.6 Å². The first-order valence-electron chi connectivity index (χ1n) is 11.0. The average Bonchev–Trinajstić information content (AvgIpc) is 2.71. The number of aliphatic carboxylic acids is 1. The Kier molecular flexibility index (Phi) is 7.90. The second-order valence-electron chi connectivity index (χ2n) is 8.87. The molecule has 1 unspecified atom stereocenters. The quantitative estimate of drug-likeness (QED) is 0.514. The summed E-state index contributed by atoms with van der Waals surface area (Å²) in [5, 5.41) is 12.4. The number of nitrogens with zero attached hydrogens (tertiary/aromatic N) is 1. The van der Waals surface area contributed by atoms with Gasteiger partial charge in [-0.1, -0.05) is 43.0 Å². The number of nitrogens with one attached hydrogen (secondary N) is 1. The molecule has 1 aliphatic heterocycles. The zero-order valence-corrected chi connectivity index (χ0v) is 18.4. The number of alkyl halides is 3. The van der Waals surface area contributed by atoms with Crippen LogP contribution in [0.25, 0.3) is 0 Å². The Balaban J connectivity index is 1.58. The van der Waals surface area contributed by atoms with Gasteiger partial charge in [0.05, 0.1) is 11.8 Å². The van der Waals surface area contributed by atoms with Crippen molar-refractivity contribution >= 4 is 29.5 Å². The molecular weight excluding hydrogens is 449 g/mol. The van der Waals surface area contributed by atoms with E-state index in [9.17, 15) is 32.7 Å². The number of carbonyl (C=O) groups excluding carboxylic acids is 2. The van der Waals surface area contributed by atoms with Crippen molar-refractivity contribution in [3.8, 4) is 0 Å². The minimum Gasteiger partial charge on any atom is -0.480 e. The molecular formula is C22H28ClF3N2O4. The molecule has 0 aromatic carbocycles. The number of β-lactam (4-membered cyclic amide) rings is 1. The molecule has 6 nitrogen and oxygen atoms in total. The maximum Gasteiger partial charge on any atom is 0.393 e. The Morgan fingerprint density at radius 1 is 1.22 bits per heavy atom. The van der Waals surface area contributed by atoms with Gasteiger partial charge in [0.1, 0.15) is 0 Å². The average molecular weight is 477 g/mol. The van der Waals surface area contributed by atoms with Crippen molar-refractivity contribution < 1.29 is 32.7 Å². The van der Waals surface area contributed by atoms with Gasteiger partial charge in [-0.05, 0) is 50.0 Å². The molecule has 0 spiro atoms. The van der Waals surface area contributed by atoms with Crippen LogP contribution in [0.4, 0.5) is 18.0 Å². The summed E-state index contributed by atoms with van der Waals surface area (Å²) < 4.78 is 40.7. The number of hydrogen-bond acceptors (Lipinski definition) is 3. The summed E-state index contributed by atoms with van der Waals surface area (Å²) in [5.41, 5.74) is 0. The number of urea groups is 1. The number of imide groups is 1. The van der Waals surface area contributed by atoms with E-state index >= 15 is 0 Å². The fourth-order valence-electron chi connectivity index (χ4n) is 5.00. The molecule has 0 radical (unpaired) electrons. The first-order valence-corrected chi connectivity index (χ1v) is 11.4. The molecule has 1 saturated carbocycles. The lowest BCUT2D eigenvalue weighted by atomic mass is 9.79. The van der Waals surface area contributed by atoms with Crippen LogP contribution in [0.5, 0.6) is 0 Å². The summed E-state index contributed by atoms with van der Waals surface area (Å²) in [6, 6.07) is -2.45. The molecule has 2 N–H and O–H groups in total. The number of rotatable bonds is 7. The van der Waals surface area contributed by atoms with Gasteiger partial charge in [-0.2, -0.15) is 13.2 Å². The molecule has 2 aliphatic carbocycles. The van der Waals surface area contributed by atoms with E-state index in [4.69, 9.17) is 11.6 Å². The number of carbonyl (C=O) groups is 3. The Bertz CT molecular complexity index is 793. The van der Waals surface area contributed by atoms with Gasteiger partial charge in [-0.15, -0.1) is 0 Å². The van der Waals surface area contributed by atoms with Gasteiger partial charge < -0.3 is 10.4 Å². The lowest BCUT2D eigenvalue weighted by Crippen LogP contribution is -2.68. The number of allylic oxidation sites excluding steroid dienone is 4. The van der Waals surface area contributed by atoms with Gasteiger partial charge in [-0.25, -0.2) is 14.5 Å². The molecule has 1 heterocycles. The summed E-state index contributed by atoms with van der Waals surface area (Å²) in [4.78, 5) is 37.3. The lowest BCUT2D eigenvalue weighted by molar-refractivity contribution is -0.189. The Morgan fingerprint density at radius 2 is 1.91 bits per heavy atom. The molecule has 0 bridgehead atoms. The van der Waals surface area contributed by atoms with Crippen molar-refractivity contribution in [1.29, 1.82) is 0 Å². The summed E-state index contributed by atoms with van der Waals surface area (Å²) in [6.07, 6.45) is 5.61. The second kappa shape index (κ2) is 10.3. The van der Waals surface area contributed by atoms with E-state index in [1.807, 2.05) is 6.08 Å². The fourth-order valence-corrected chi connectivity index (χ4v) is 5.27. The third-order valence-electron chi connectivity index (χ3n) is 6.76. The van der Waals surface area contributed by atoms with E-state index in [2.05, 4.69) is 5.32 Å². The number of hydrogen-bond donors (Lipinski definition) is 2. The van der Waals surface area contributed by atoms with Crippen LogP contribution in [0.3, 0.4) is 0 Å². The Hall–Kier alpha value is -2.03. The second-order valence-corrected chi connectivity index (χ2v) is 9.36. The largest absolute Gasteiger partial charge is 0.480 e. The van der Waals surface area contributed by atoms with E-state index in [-0.39, 0.29) is 12.3 Å². The number of carboxylic acid groups (broad SMARTS) is 1. The maximum absolute atomic E-state index is 13.6. The molecule has 10 heteroatoms. The number of amides is 3. The number of likely N-dealkylation sites (tertiary alicyclic amines) is 1. The molecule has 3 amide bonds. The smallest absolute Gasteiger partial charge is 0.393 e. The molecule has 32 heavy (non-hydrogen) atoms. The molecule has 0 aromatic heterocycles. The van der Waals surface area contributed by atoms with Crippen LogP contribution in [0.1, 0.15) is 51.4 Å². The molecule has 0 aromatic rings. The van der Waals surface area contributed by atoms with Gasteiger partial charge in [-0.3, -0.25) is 4.79 Å². The van der Waals surface area contributed by atoms with Crippen LogP contribution in [0.2, 0.25) is 0 Å². The molecule has 178 valence electrons. The predicted molar refractivity (Wildman–Crippen MR) is 112 cm³/mol. The van der Waals surface area contributed by atoms with Crippen LogP contribution in [0.15, 0.2) is 23.3 Å². The van der Waals surface area contributed by atoms with Crippen molar-refractivity contribution in [2.45, 2.75) is 63.6 Å². The lowest BCUT2D eigenvalue weighted by Gasteiger charge is -2.43. The van der Waals surface area contributed by atoms with Crippen LogP contribution in [0, 0.1) is 23.7 Å². The normalized spacial score (nSPS) is 27.5. The Labute approximate surface area is 189 Å². The highest BCUT2D eigenvalue weighted by Gasteiger charge is 2.55. The third-order valence-corrected chi connectivity index (χ3v) is 7.04. The van der Waals surface area contributed by atoms with Crippen LogP contribution < -0.4 is 5.32 Å². The van der Waals surface area contributed by atoms with E-state index in [1.165, 1.54) is 0 Å². The van der Waals surface area contributed by atoms with Crippen molar-refractivity contribution in [1.82, 2.24) is 10.2 Å². The van der Waals surface area contributed by atoms with Crippen molar-refractivity contribution in [2.75, 3.05) is 6.54 Å². The van der Waals surface area contributed by atoms with Crippen molar-refractivity contribution in [3.63, 3.8) is 0 Å². The van der Waals surface area contributed by atoms with Crippen LogP contribution >= 0.6 is 11.6 Å². The SMILES string of the molecule is O=C(O)[C@@H]1[C@@H](CCC2C=CC=C(Cl)C2)C(=O)N1C(=O)NC[C@@H](C1CCCCC1)C(F)(F)F. The summed E-state index contributed by atoms with van der Waals surface area (Å²) in [5.74, 6) is -5.12. The van der Waals surface area contributed by atoms with Gasteiger partial charge in [0.15, 0.2) is 6.04 Å². The van der Waals surface area contributed by atoms with Crippen LogP contribution in [-0.2, 0) is 9.59 Å². The highest BCUT2D eigenvalue weighted by atomic mass is 35.5. The van der Waals surface area contributed by atoms with E-state index in [0.29, 0.717) is 35.6 Å². The Morgan fingerprint density at radius 3 is 2.50 bits per heavy atom. The molecule has 3 rings (SSSR count). The topological polar surface area (TPSA) is 86.7 Å². The first-order chi connectivity index (χ1) is 15.1. The molecule has 2 fully saturated rings. The summed E-state index contributed by atoms with van der Waals surface area (Å²) in [7, 11) is 0. The standard InChI is InChI=1S/C22H28ClF3N2O4/c23-15-8-4-5-13(11-15)9-10-16-18(20(30)31)28(19(16)29)21(32)27-12-17(22(24,25)26)14-6-2-1-3-7-14/h4-5,8,13-14,16-18H,1-3,6-7,9-12H2,(H,27,32)(H,30,31)/t13?,16-,17+,18+/m1/s1. The first kappa shape index (κ1) is 24.6. The molecule has 4 atom stereocenters. The number of halogens is 4. The van der Waals surface area contributed by atoms with Gasteiger partial charge >= 0.3 is 18.2 Å². The predicted octanol–water partition coefficient (Wildman–Crippen LogP) is 4.85. The summed E-state index contributed by atoms with van der Waals surface area (Å²) in [6.45, 7) is -0.661. The zero-order valence-electron chi connectivity index (χ0n) is 17.6.